The van der Waals surface area contributed by atoms with E-state index in [4.69, 9.17) is 0 Å². The number of carbonyl (C=O) groups excluding carboxylic acids is 1. The number of hydrogen-bond donors (Lipinski definition) is 1. The molecule has 1 N–H and O–H groups in total. The zero-order chi connectivity index (χ0) is 11.3. The average molecular weight is 232 g/mol. The van der Waals surface area contributed by atoms with Crippen molar-refractivity contribution in [2.75, 3.05) is 31.6 Å². The van der Waals surface area contributed by atoms with Gasteiger partial charge in [-0.2, -0.15) is 0 Å². The highest BCUT2D eigenvalue weighted by atomic mass is 32.2. The summed E-state index contributed by atoms with van der Waals surface area (Å²) < 4.78 is 10.8. The molecule has 1 aliphatic rings. The first-order valence-electron chi connectivity index (χ1n) is 5.42. The van der Waals surface area contributed by atoms with Gasteiger partial charge in [0.2, 0.25) is 0 Å². The number of carbonyl (C=O) groups is 1. The molecule has 4 nitrogen and oxygen atoms in total. The van der Waals surface area contributed by atoms with Gasteiger partial charge in [0.15, 0.2) is 0 Å². The van der Waals surface area contributed by atoms with Crippen LogP contribution in [0.1, 0.15) is 19.8 Å². The van der Waals surface area contributed by atoms with Crippen LogP contribution in [0.15, 0.2) is 0 Å². The van der Waals surface area contributed by atoms with E-state index in [9.17, 15) is 9.00 Å². The van der Waals surface area contributed by atoms with E-state index in [0.717, 1.165) is 19.5 Å². The lowest BCUT2D eigenvalue weighted by Crippen LogP contribution is -2.45. The van der Waals surface area contributed by atoms with E-state index in [1.165, 1.54) is 6.42 Å². The molecule has 0 saturated carbocycles. The van der Waals surface area contributed by atoms with E-state index in [1.807, 2.05) is 4.90 Å². The third kappa shape index (κ3) is 4.64. The number of urea groups is 1. The summed E-state index contributed by atoms with van der Waals surface area (Å²) in [5, 5.41) is 2.80. The fraction of sp³-hybridized carbons (Fsp3) is 0.900. The molecular formula is C10H20N2O2S. The Morgan fingerprint density at radius 1 is 1.60 bits per heavy atom. The first kappa shape index (κ1) is 12.5. The molecule has 0 aromatic carbocycles. The topological polar surface area (TPSA) is 49.4 Å². The van der Waals surface area contributed by atoms with Crippen molar-refractivity contribution >= 4 is 16.8 Å². The van der Waals surface area contributed by atoms with Gasteiger partial charge in [-0.1, -0.05) is 6.92 Å². The first-order valence-corrected chi connectivity index (χ1v) is 7.15. The molecule has 1 aliphatic heterocycles. The van der Waals surface area contributed by atoms with Crippen LogP contribution in [-0.2, 0) is 10.8 Å². The largest absolute Gasteiger partial charge is 0.337 e. The molecular weight excluding hydrogens is 212 g/mol. The highest BCUT2D eigenvalue weighted by molar-refractivity contribution is 7.84. The van der Waals surface area contributed by atoms with Crippen molar-refractivity contribution in [3.8, 4) is 0 Å². The van der Waals surface area contributed by atoms with E-state index < -0.39 is 10.8 Å². The van der Waals surface area contributed by atoms with Gasteiger partial charge < -0.3 is 10.2 Å². The molecule has 2 unspecified atom stereocenters. The fourth-order valence-corrected chi connectivity index (χ4v) is 2.18. The Labute approximate surface area is 93.9 Å². The number of nitrogens with zero attached hydrogens (tertiary/aromatic N) is 1. The van der Waals surface area contributed by atoms with E-state index in [1.54, 1.807) is 6.26 Å². The lowest BCUT2D eigenvalue weighted by Gasteiger charge is -2.30. The molecule has 0 radical (unpaired) electrons. The van der Waals surface area contributed by atoms with E-state index in [0.29, 0.717) is 18.2 Å². The minimum atomic E-state index is -0.827. The van der Waals surface area contributed by atoms with Gasteiger partial charge in [-0.15, -0.1) is 0 Å². The Morgan fingerprint density at radius 3 is 2.93 bits per heavy atom. The van der Waals surface area contributed by atoms with E-state index in [-0.39, 0.29) is 6.03 Å². The zero-order valence-electron chi connectivity index (χ0n) is 9.49. The van der Waals surface area contributed by atoms with Crippen molar-refractivity contribution in [2.45, 2.75) is 19.8 Å². The SMILES string of the molecule is CC1CCCN(C(=O)NCCS(C)=O)C1. The van der Waals surface area contributed by atoms with Crippen LogP contribution in [0.2, 0.25) is 0 Å². The zero-order valence-corrected chi connectivity index (χ0v) is 10.3. The third-order valence-electron chi connectivity index (χ3n) is 2.61. The van der Waals surface area contributed by atoms with Crippen molar-refractivity contribution in [3.63, 3.8) is 0 Å². The minimum absolute atomic E-state index is 0.00741. The van der Waals surface area contributed by atoms with Crippen LogP contribution in [0.5, 0.6) is 0 Å². The molecule has 2 atom stereocenters. The predicted octanol–water partition coefficient (Wildman–Crippen LogP) is 0.806. The first-order chi connectivity index (χ1) is 7.09. The van der Waals surface area contributed by atoms with Crippen LogP contribution in [0, 0.1) is 5.92 Å². The average Bonchev–Trinajstić information content (AvgIpc) is 2.17. The molecule has 0 spiro atoms. The number of likely N-dealkylation sites (tertiary alicyclic amines) is 1. The highest BCUT2D eigenvalue weighted by Gasteiger charge is 2.20. The van der Waals surface area contributed by atoms with Crippen molar-refractivity contribution < 1.29 is 9.00 Å². The minimum Gasteiger partial charge on any atom is -0.337 e. The van der Waals surface area contributed by atoms with Crippen LogP contribution in [-0.4, -0.2) is 46.8 Å². The molecule has 1 saturated heterocycles. The Balaban J connectivity index is 2.24. The predicted molar refractivity (Wildman–Crippen MR) is 62.3 cm³/mol. The standard InChI is InChI=1S/C10H20N2O2S/c1-9-4-3-6-12(8-9)10(13)11-5-7-15(2)14/h9H,3-8H2,1-2H3,(H,11,13). The second-order valence-corrected chi connectivity index (χ2v) is 5.76. The Kier molecular flexibility index (Phi) is 5.08. The van der Waals surface area contributed by atoms with Gasteiger partial charge in [0.25, 0.3) is 0 Å². The molecule has 0 aliphatic carbocycles. The van der Waals surface area contributed by atoms with Crippen LogP contribution < -0.4 is 5.32 Å². The summed E-state index contributed by atoms with van der Waals surface area (Å²) in [6.45, 7) is 4.37. The Hall–Kier alpha value is -0.580. The molecule has 15 heavy (non-hydrogen) atoms. The van der Waals surface area contributed by atoms with Crippen LogP contribution in [0.3, 0.4) is 0 Å². The second-order valence-electron chi connectivity index (χ2n) is 4.20. The molecule has 0 aromatic rings. The number of piperidine rings is 1. The second kappa shape index (κ2) is 6.10. The summed E-state index contributed by atoms with van der Waals surface area (Å²) in [4.78, 5) is 13.5. The number of amides is 2. The summed E-state index contributed by atoms with van der Waals surface area (Å²) in [5.41, 5.74) is 0. The van der Waals surface area contributed by atoms with E-state index >= 15 is 0 Å². The lowest BCUT2D eigenvalue weighted by atomic mass is 10.0. The lowest BCUT2D eigenvalue weighted by molar-refractivity contribution is 0.170. The summed E-state index contributed by atoms with van der Waals surface area (Å²) >= 11 is 0. The molecule has 1 heterocycles. The number of nitrogens with one attached hydrogen (secondary N) is 1. The third-order valence-corrected chi connectivity index (χ3v) is 3.39. The molecule has 88 valence electrons. The van der Waals surface area contributed by atoms with Gasteiger partial charge in [0.1, 0.15) is 0 Å². The van der Waals surface area contributed by atoms with Crippen molar-refractivity contribution in [1.29, 1.82) is 0 Å². The van der Waals surface area contributed by atoms with E-state index in [2.05, 4.69) is 12.2 Å². The van der Waals surface area contributed by atoms with Crippen LogP contribution in [0.25, 0.3) is 0 Å². The maximum atomic E-state index is 11.6. The van der Waals surface area contributed by atoms with Gasteiger partial charge in [-0.3, -0.25) is 4.21 Å². The quantitative estimate of drug-likeness (QED) is 0.782. The van der Waals surface area contributed by atoms with Gasteiger partial charge in [-0.25, -0.2) is 4.79 Å². The molecule has 1 fully saturated rings. The van der Waals surface area contributed by atoms with Gasteiger partial charge in [0, 0.05) is 42.4 Å². The van der Waals surface area contributed by atoms with Gasteiger partial charge in [-0.05, 0) is 18.8 Å². The van der Waals surface area contributed by atoms with Crippen molar-refractivity contribution in [1.82, 2.24) is 10.2 Å². The smallest absolute Gasteiger partial charge is 0.317 e. The number of rotatable bonds is 3. The Bertz CT molecular complexity index is 246. The fourth-order valence-electron chi connectivity index (χ4n) is 1.79. The highest BCUT2D eigenvalue weighted by Crippen LogP contribution is 2.14. The molecule has 5 heteroatoms. The monoisotopic (exact) mass is 232 g/mol. The van der Waals surface area contributed by atoms with Crippen LogP contribution >= 0.6 is 0 Å². The van der Waals surface area contributed by atoms with Gasteiger partial charge >= 0.3 is 6.03 Å². The Morgan fingerprint density at radius 2 is 2.33 bits per heavy atom. The van der Waals surface area contributed by atoms with Crippen molar-refractivity contribution in [3.05, 3.63) is 0 Å². The normalized spacial score (nSPS) is 23.6. The summed E-state index contributed by atoms with van der Waals surface area (Å²) in [6.07, 6.45) is 3.95. The number of hydrogen-bond acceptors (Lipinski definition) is 2. The maximum Gasteiger partial charge on any atom is 0.317 e. The summed E-state index contributed by atoms with van der Waals surface area (Å²) in [6, 6.07) is -0.00741. The molecule has 0 bridgehead atoms. The molecule has 1 rings (SSSR count). The molecule has 0 aromatic heterocycles. The van der Waals surface area contributed by atoms with Crippen molar-refractivity contribution in [2.24, 2.45) is 5.92 Å². The summed E-state index contributed by atoms with van der Waals surface area (Å²) in [5.74, 6) is 1.14. The molecule has 2 amide bonds. The van der Waals surface area contributed by atoms with Gasteiger partial charge in [0.05, 0.1) is 0 Å². The maximum absolute atomic E-state index is 11.6. The summed E-state index contributed by atoms with van der Waals surface area (Å²) in [7, 11) is -0.827. The van der Waals surface area contributed by atoms with Crippen LogP contribution in [0.4, 0.5) is 4.79 Å².